The first-order chi connectivity index (χ1) is 10.7. The average Bonchev–Trinajstić information content (AvgIpc) is 2.57. The number of amides is 1. The van der Waals surface area contributed by atoms with Gasteiger partial charge in [-0.15, -0.1) is 0 Å². The van der Waals surface area contributed by atoms with E-state index in [0.29, 0.717) is 17.1 Å². The van der Waals surface area contributed by atoms with Crippen molar-refractivity contribution in [2.45, 2.75) is 6.17 Å². The number of methoxy groups -OCH3 is 2. The van der Waals surface area contributed by atoms with E-state index in [9.17, 15) is 4.79 Å². The van der Waals surface area contributed by atoms with E-state index in [1.807, 2.05) is 54.4 Å². The zero-order valence-corrected chi connectivity index (χ0v) is 12.8. The summed E-state index contributed by atoms with van der Waals surface area (Å²) in [5.74, 6) is 1.17. The van der Waals surface area contributed by atoms with Crippen LogP contribution in [-0.2, 0) is 0 Å². The lowest BCUT2D eigenvalue weighted by molar-refractivity contribution is 0.0927. The molecule has 114 valence electrons. The lowest BCUT2D eigenvalue weighted by Crippen LogP contribution is -2.44. The number of carbonyl (C=O) groups excluding carboxylic acids is 1. The Bertz CT molecular complexity index is 715. The third kappa shape index (κ3) is 2.15. The summed E-state index contributed by atoms with van der Waals surface area (Å²) >= 11 is 0. The van der Waals surface area contributed by atoms with Crippen molar-refractivity contribution in [3.8, 4) is 11.5 Å². The molecular formula is C17H18N2O3. The smallest absolute Gasteiger partial charge is 0.255 e. The summed E-state index contributed by atoms with van der Waals surface area (Å²) in [6.07, 6.45) is -0.313. The van der Waals surface area contributed by atoms with Crippen molar-refractivity contribution in [1.29, 1.82) is 0 Å². The Hall–Kier alpha value is -2.69. The van der Waals surface area contributed by atoms with Crippen molar-refractivity contribution >= 4 is 11.6 Å². The zero-order valence-electron chi connectivity index (χ0n) is 12.8. The van der Waals surface area contributed by atoms with Crippen LogP contribution < -0.4 is 19.7 Å². The van der Waals surface area contributed by atoms with Gasteiger partial charge in [0.1, 0.15) is 6.17 Å². The second-order valence-corrected chi connectivity index (χ2v) is 5.09. The molecule has 0 saturated heterocycles. The van der Waals surface area contributed by atoms with Crippen molar-refractivity contribution in [1.82, 2.24) is 5.32 Å². The predicted molar refractivity (Wildman–Crippen MR) is 84.6 cm³/mol. The van der Waals surface area contributed by atoms with E-state index >= 15 is 0 Å². The van der Waals surface area contributed by atoms with Crippen molar-refractivity contribution in [3.63, 3.8) is 0 Å². The molecule has 0 bridgehead atoms. The quantitative estimate of drug-likeness (QED) is 0.946. The number of fused-ring (bicyclic) bond motifs is 1. The minimum Gasteiger partial charge on any atom is -0.493 e. The van der Waals surface area contributed by atoms with Crippen LogP contribution in [0, 0.1) is 0 Å². The van der Waals surface area contributed by atoms with Gasteiger partial charge < -0.3 is 19.7 Å². The van der Waals surface area contributed by atoms with Crippen LogP contribution in [0.2, 0.25) is 0 Å². The summed E-state index contributed by atoms with van der Waals surface area (Å²) in [5.41, 5.74) is 2.41. The third-order valence-corrected chi connectivity index (χ3v) is 3.91. The van der Waals surface area contributed by atoms with Gasteiger partial charge in [-0.05, 0) is 18.2 Å². The van der Waals surface area contributed by atoms with Gasteiger partial charge in [-0.2, -0.15) is 0 Å². The number of nitrogens with zero attached hydrogens (tertiary/aromatic N) is 1. The average molecular weight is 298 g/mol. The maximum Gasteiger partial charge on any atom is 0.255 e. The number of nitrogens with one attached hydrogen (secondary N) is 1. The molecule has 2 aromatic rings. The Balaban J connectivity index is 2.09. The van der Waals surface area contributed by atoms with Crippen LogP contribution in [0.3, 0.4) is 0 Å². The van der Waals surface area contributed by atoms with Crippen LogP contribution in [0.4, 0.5) is 5.69 Å². The lowest BCUT2D eigenvalue weighted by Gasteiger charge is -2.37. The molecule has 1 heterocycles. The summed E-state index contributed by atoms with van der Waals surface area (Å²) in [4.78, 5) is 14.4. The molecule has 0 saturated carbocycles. The monoisotopic (exact) mass is 298 g/mol. The molecule has 0 aromatic heterocycles. The first kappa shape index (κ1) is 14.3. The van der Waals surface area contributed by atoms with Crippen molar-refractivity contribution < 1.29 is 14.3 Å². The van der Waals surface area contributed by atoms with Crippen molar-refractivity contribution in [3.05, 3.63) is 53.6 Å². The molecule has 22 heavy (non-hydrogen) atoms. The third-order valence-electron chi connectivity index (χ3n) is 3.91. The standard InChI is InChI=1S/C17H18N2O3/c1-19-13-9-5-4-7-11(13)17(20)18-16(19)12-8-6-10-14(21-2)15(12)22-3/h4-10,16H,1-3H3,(H,18,20). The predicted octanol–water partition coefficient (Wildman–Crippen LogP) is 2.58. The topological polar surface area (TPSA) is 50.8 Å². The van der Waals surface area contributed by atoms with Crippen molar-refractivity contribution in [2.24, 2.45) is 0 Å². The number of anilines is 1. The largest absolute Gasteiger partial charge is 0.493 e. The number of benzene rings is 2. The molecule has 1 unspecified atom stereocenters. The summed E-state index contributed by atoms with van der Waals surface area (Å²) < 4.78 is 10.8. The van der Waals surface area contributed by atoms with E-state index in [2.05, 4.69) is 5.32 Å². The summed E-state index contributed by atoms with van der Waals surface area (Å²) in [6, 6.07) is 13.2. The van der Waals surface area contributed by atoms with Gasteiger partial charge in [-0.25, -0.2) is 0 Å². The van der Waals surface area contributed by atoms with Crippen LogP contribution in [0.5, 0.6) is 11.5 Å². The molecule has 1 N–H and O–H groups in total. The molecule has 0 aliphatic carbocycles. The fourth-order valence-corrected chi connectivity index (χ4v) is 2.82. The number of para-hydroxylation sites is 2. The van der Waals surface area contributed by atoms with Crippen LogP contribution in [0.1, 0.15) is 22.1 Å². The number of hydrogen-bond acceptors (Lipinski definition) is 4. The van der Waals surface area contributed by atoms with Gasteiger partial charge in [-0.1, -0.05) is 24.3 Å². The van der Waals surface area contributed by atoms with Gasteiger partial charge >= 0.3 is 0 Å². The first-order valence-corrected chi connectivity index (χ1v) is 7.01. The Kier molecular flexibility index (Phi) is 3.63. The number of ether oxygens (including phenoxy) is 2. The molecule has 0 spiro atoms. The molecule has 5 nitrogen and oxygen atoms in total. The van der Waals surface area contributed by atoms with E-state index in [4.69, 9.17) is 9.47 Å². The number of rotatable bonds is 3. The SMILES string of the molecule is COc1cccc(C2NC(=O)c3ccccc3N2C)c1OC. The molecule has 1 amide bonds. The Morgan fingerprint density at radius 1 is 1.05 bits per heavy atom. The van der Waals surface area contributed by atoms with E-state index < -0.39 is 0 Å². The van der Waals surface area contributed by atoms with Crippen LogP contribution in [-0.4, -0.2) is 27.2 Å². The summed E-state index contributed by atoms with van der Waals surface area (Å²) in [5, 5.41) is 3.02. The highest BCUT2D eigenvalue weighted by Gasteiger charge is 2.31. The molecular weight excluding hydrogens is 280 g/mol. The Morgan fingerprint density at radius 3 is 2.55 bits per heavy atom. The van der Waals surface area contributed by atoms with Gasteiger partial charge in [-0.3, -0.25) is 4.79 Å². The maximum atomic E-state index is 12.4. The minimum atomic E-state index is -0.313. The van der Waals surface area contributed by atoms with E-state index in [1.54, 1.807) is 14.2 Å². The molecule has 0 fully saturated rings. The lowest BCUT2D eigenvalue weighted by atomic mass is 10.0. The zero-order chi connectivity index (χ0) is 15.7. The highest BCUT2D eigenvalue weighted by molar-refractivity contribution is 6.02. The Labute approximate surface area is 129 Å². The number of carbonyl (C=O) groups is 1. The highest BCUT2D eigenvalue weighted by Crippen LogP contribution is 2.39. The van der Waals surface area contributed by atoms with Gasteiger partial charge in [0.2, 0.25) is 0 Å². The van der Waals surface area contributed by atoms with Crippen molar-refractivity contribution in [2.75, 3.05) is 26.2 Å². The van der Waals surface area contributed by atoms with E-state index in [-0.39, 0.29) is 12.1 Å². The normalized spacial score (nSPS) is 16.8. The molecule has 1 aliphatic rings. The summed E-state index contributed by atoms with van der Waals surface area (Å²) in [7, 11) is 5.14. The highest BCUT2D eigenvalue weighted by atomic mass is 16.5. The minimum absolute atomic E-state index is 0.0939. The van der Waals surface area contributed by atoms with Crippen LogP contribution >= 0.6 is 0 Å². The Morgan fingerprint density at radius 2 is 1.82 bits per heavy atom. The fourth-order valence-electron chi connectivity index (χ4n) is 2.82. The van der Waals surface area contributed by atoms with Crippen LogP contribution in [0.25, 0.3) is 0 Å². The van der Waals surface area contributed by atoms with Gasteiger partial charge in [0, 0.05) is 12.6 Å². The first-order valence-electron chi connectivity index (χ1n) is 7.01. The molecule has 5 heteroatoms. The second-order valence-electron chi connectivity index (χ2n) is 5.09. The second kappa shape index (κ2) is 5.60. The molecule has 2 aromatic carbocycles. The van der Waals surface area contributed by atoms with Gasteiger partial charge in [0.05, 0.1) is 25.5 Å². The van der Waals surface area contributed by atoms with E-state index in [1.165, 1.54) is 0 Å². The fraction of sp³-hybridized carbons (Fsp3) is 0.235. The van der Waals surface area contributed by atoms with Gasteiger partial charge in [0.25, 0.3) is 5.91 Å². The molecule has 0 radical (unpaired) electrons. The molecule has 3 rings (SSSR count). The van der Waals surface area contributed by atoms with Crippen LogP contribution in [0.15, 0.2) is 42.5 Å². The molecule has 1 aliphatic heterocycles. The molecule has 1 atom stereocenters. The van der Waals surface area contributed by atoms with E-state index in [0.717, 1.165) is 11.3 Å². The van der Waals surface area contributed by atoms with Gasteiger partial charge in [0.15, 0.2) is 11.5 Å². The maximum absolute atomic E-state index is 12.4. The number of hydrogen-bond donors (Lipinski definition) is 1. The summed E-state index contributed by atoms with van der Waals surface area (Å²) in [6.45, 7) is 0.